The molecule has 0 aromatic rings. The molecule has 0 unspecified atom stereocenters. The minimum Gasteiger partial charge on any atom is -0.480 e. The first-order valence-corrected chi connectivity index (χ1v) is 7.89. The highest BCUT2D eigenvalue weighted by Gasteiger charge is 2.35. The number of piperidine rings is 1. The molecule has 1 saturated heterocycles. The number of methoxy groups -OCH3 is 1. The molecule has 1 rings (SSSR count). The van der Waals surface area contributed by atoms with Crippen molar-refractivity contribution in [2.24, 2.45) is 5.92 Å². The average Bonchev–Trinajstić information content (AvgIpc) is 2.43. The van der Waals surface area contributed by atoms with Gasteiger partial charge >= 0.3 is 11.9 Å². The SMILES string of the molecule is COC(=O)C1CCN(S(=O)(=O)N[C@H](C(=O)O)[C@@H](C)O)CC1. The minimum absolute atomic E-state index is 0.0846. The first-order chi connectivity index (χ1) is 9.69. The summed E-state index contributed by atoms with van der Waals surface area (Å²) >= 11 is 0. The standard InChI is InChI=1S/C11H20N2O7S/c1-7(14)9(10(15)16)12-21(18,19)13-5-3-8(4-6-13)11(17)20-2/h7-9,12,14H,3-6H2,1-2H3,(H,15,16)/t7-,9+/m1/s1. The highest BCUT2D eigenvalue weighted by atomic mass is 32.2. The van der Waals surface area contributed by atoms with Crippen molar-refractivity contribution in [1.29, 1.82) is 0 Å². The Bertz CT molecular complexity index is 483. The van der Waals surface area contributed by atoms with Gasteiger partial charge in [0.25, 0.3) is 10.2 Å². The number of aliphatic carboxylic acids is 1. The molecule has 0 aliphatic carbocycles. The van der Waals surface area contributed by atoms with E-state index in [9.17, 15) is 23.1 Å². The van der Waals surface area contributed by atoms with E-state index in [1.54, 1.807) is 0 Å². The Morgan fingerprint density at radius 2 is 1.86 bits per heavy atom. The lowest BCUT2D eigenvalue weighted by Gasteiger charge is -2.31. The lowest BCUT2D eigenvalue weighted by molar-refractivity contribution is -0.146. The molecular formula is C11H20N2O7S. The lowest BCUT2D eigenvalue weighted by atomic mass is 9.99. The Morgan fingerprint density at radius 3 is 2.24 bits per heavy atom. The van der Waals surface area contributed by atoms with Gasteiger partial charge in [-0.3, -0.25) is 9.59 Å². The Morgan fingerprint density at radius 1 is 1.33 bits per heavy atom. The van der Waals surface area contributed by atoms with Crippen molar-refractivity contribution >= 4 is 22.1 Å². The number of nitrogens with one attached hydrogen (secondary N) is 1. The predicted molar refractivity (Wildman–Crippen MR) is 71.5 cm³/mol. The van der Waals surface area contributed by atoms with Crippen LogP contribution in [-0.4, -0.2) is 67.2 Å². The van der Waals surface area contributed by atoms with Crippen LogP contribution in [0.15, 0.2) is 0 Å². The summed E-state index contributed by atoms with van der Waals surface area (Å²) in [6.07, 6.45) is -0.759. The van der Waals surface area contributed by atoms with Crippen molar-refractivity contribution in [3.05, 3.63) is 0 Å². The molecular weight excluding hydrogens is 304 g/mol. The van der Waals surface area contributed by atoms with Crippen molar-refractivity contribution in [2.45, 2.75) is 31.9 Å². The van der Waals surface area contributed by atoms with E-state index in [2.05, 4.69) is 4.74 Å². The first kappa shape index (κ1) is 17.8. The van der Waals surface area contributed by atoms with E-state index in [0.29, 0.717) is 12.8 Å². The largest absolute Gasteiger partial charge is 0.480 e. The molecule has 0 saturated carbocycles. The third-order valence-electron chi connectivity index (χ3n) is 3.35. The van der Waals surface area contributed by atoms with Gasteiger partial charge in [-0.05, 0) is 19.8 Å². The monoisotopic (exact) mass is 324 g/mol. The number of nitrogens with zero attached hydrogens (tertiary/aromatic N) is 1. The molecule has 0 amide bonds. The van der Waals surface area contributed by atoms with Crippen molar-refractivity contribution in [2.75, 3.05) is 20.2 Å². The zero-order valence-corrected chi connectivity index (χ0v) is 12.7. The number of carboxylic acids is 1. The third-order valence-corrected chi connectivity index (χ3v) is 4.95. The van der Waals surface area contributed by atoms with E-state index in [0.717, 1.165) is 4.31 Å². The maximum atomic E-state index is 12.1. The molecule has 1 fully saturated rings. The fourth-order valence-corrected chi connectivity index (χ4v) is 3.55. The number of carboxylic acid groups (broad SMARTS) is 1. The minimum atomic E-state index is -4.04. The number of esters is 1. The van der Waals surface area contributed by atoms with Gasteiger partial charge in [0.1, 0.15) is 6.04 Å². The summed E-state index contributed by atoms with van der Waals surface area (Å²) in [5.74, 6) is -2.20. The molecule has 0 radical (unpaired) electrons. The van der Waals surface area contributed by atoms with Crippen molar-refractivity contribution in [3.63, 3.8) is 0 Å². The van der Waals surface area contributed by atoms with Gasteiger partial charge in [-0.2, -0.15) is 17.4 Å². The summed E-state index contributed by atoms with van der Waals surface area (Å²) in [4.78, 5) is 22.3. The molecule has 1 aliphatic heterocycles. The van der Waals surface area contributed by atoms with Gasteiger partial charge in [0.15, 0.2) is 0 Å². The second-order valence-electron chi connectivity index (χ2n) is 4.88. The van der Waals surface area contributed by atoms with Gasteiger partial charge in [0.2, 0.25) is 0 Å². The summed E-state index contributed by atoms with van der Waals surface area (Å²) in [6.45, 7) is 1.35. The quantitative estimate of drug-likeness (QED) is 0.508. The van der Waals surface area contributed by atoms with Crippen LogP contribution in [0, 0.1) is 5.92 Å². The summed E-state index contributed by atoms with van der Waals surface area (Å²) < 4.78 is 31.8. The summed E-state index contributed by atoms with van der Waals surface area (Å²) in [6, 6.07) is -1.62. The highest BCUT2D eigenvalue weighted by Crippen LogP contribution is 2.20. The molecule has 3 N–H and O–H groups in total. The van der Waals surface area contributed by atoms with Crippen molar-refractivity contribution < 1.29 is 33.0 Å². The number of aliphatic hydroxyl groups is 1. The lowest BCUT2D eigenvalue weighted by Crippen LogP contribution is -2.54. The smallest absolute Gasteiger partial charge is 0.324 e. The number of hydrogen-bond donors (Lipinski definition) is 3. The molecule has 2 atom stereocenters. The fourth-order valence-electron chi connectivity index (χ4n) is 2.09. The Kier molecular flexibility index (Phi) is 6.08. The van der Waals surface area contributed by atoms with Crippen LogP contribution in [-0.2, 0) is 24.5 Å². The van der Waals surface area contributed by atoms with Crippen molar-refractivity contribution in [1.82, 2.24) is 9.03 Å². The van der Waals surface area contributed by atoms with Crippen LogP contribution in [0.4, 0.5) is 0 Å². The van der Waals surface area contributed by atoms with Crippen LogP contribution in [0.3, 0.4) is 0 Å². The number of carbonyl (C=O) groups is 2. The fraction of sp³-hybridized carbons (Fsp3) is 0.818. The maximum Gasteiger partial charge on any atom is 0.324 e. The third kappa shape index (κ3) is 4.63. The molecule has 0 aromatic heterocycles. The second-order valence-corrected chi connectivity index (χ2v) is 6.58. The number of aliphatic hydroxyl groups excluding tert-OH is 1. The van der Waals surface area contributed by atoms with E-state index in [1.165, 1.54) is 14.0 Å². The summed E-state index contributed by atoms with van der Waals surface area (Å²) in [5.41, 5.74) is 0. The van der Waals surface area contributed by atoms with E-state index in [1.807, 2.05) is 4.72 Å². The normalized spacial score (nSPS) is 20.7. The van der Waals surface area contributed by atoms with Gasteiger partial charge in [0, 0.05) is 13.1 Å². The molecule has 0 aromatic carbocycles. The first-order valence-electron chi connectivity index (χ1n) is 6.45. The molecule has 0 bridgehead atoms. The molecule has 10 heteroatoms. The summed E-state index contributed by atoms with van der Waals surface area (Å²) in [7, 11) is -2.77. The zero-order chi connectivity index (χ0) is 16.2. The summed E-state index contributed by atoms with van der Waals surface area (Å²) in [5, 5.41) is 18.2. The van der Waals surface area contributed by atoms with Gasteiger partial charge in [0.05, 0.1) is 19.1 Å². The molecule has 9 nitrogen and oxygen atoms in total. The Balaban J connectivity index is 2.69. The molecule has 21 heavy (non-hydrogen) atoms. The maximum absolute atomic E-state index is 12.1. The average molecular weight is 324 g/mol. The number of carbonyl (C=O) groups excluding carboxylic acids is 1. The second kappa shape index (κ2) is 7.16. The van der Waals surface area contributed by atoms with Crippen molar-refractivity contribution in [3.8, 4) is 0 Å². The van der Waals surface area contributed by atoms with Crippen LogP contribution in [0.25, 0.3) is 0 Å². The van der Waals surface area contributed by atoms with Crippen LogP contribution < -0.4 is 4.72 Å². The molecule has 0 spiro atoms. The topological polar surface area (TPSA) is 133 Å². The molecule has 122 valence electrons. The number of rotatable bonds is 6. The van der Waals surface area contributed by atoms with Crippen LogP contribution in [0.2, 0.25) is 0 Å². The van der Waals surface area contributed by atoms with Crippen LogP contribution in [0.1, 0.15) is 19.8 Å². The van der Waals surface area contributed by atoms with Crippen LogP contribution in [0.5, 0.6) is 0 Å². The van der Waals surface area contributed by atoms with Gasteiger partial charge in [-0.1, -0.05) is 0 Å². The van der Waals surface area contributed by atoms with E-state index in [4.69, 9.17) is 5.11 Å². The van der Waals surface area contributed by atoms with E-state index < -0.39 is 28.3 Å². The number of ether oxygens (including phenoxy) is 1. The highest BCUT2D eigenvalue weighted by molar-refractivity contribution is 7.87. The van der Waals surface area contributed by atoms with E-state index >= 15 is 0 Å². The molecule has 1 aliphatic rings. The predicted octanol–water partition coefficient (Wildman–Crippen LogP) is -1.46. The van der Waals surface area contributed by atoms with Gasteiger partial charge in [-0.25, -0.2) is 0 Å². The van der Waals surface area contributed by atoms with Gasteiger partial charge in [-0.15, -0.1) is 0 Å². The van der Waals surface area contributed by atoms with Gasteiger partial charge < -0.3 is 14.9 Å². The van der Waals surface area contributed by atoms with E-state index in [-0.39, 0.29) is 25.0 Å². The van der Waals surface area contributed by atoms with Crippen LogP contribution >= 0.6 is 0 Å². The number of hydrogen-bond acceptors (Lipinski definition) is 6. The zero-order valence-electron chi connectivity index (χ0n) is 11.9. The Labute approximate surface area is 123 Å². The Hall–Kier alpha value is -1.23. The molecule has 1 heterocycles.